The Balaban J connectivity index is 1.80. The van der Waals surface area contributed by atoms with Crippen LogP contribution in [0.3, 0.4) is 0 Å². The van der Waals surface area contributed by atoms with Crippen LogP contribution in [0.15, 0.2) is 34.9 Å². The Labute approximate surface area is 107 Å². The molecule has 0 bridgehead atoms. The van der Waals surface area contributed by atoms with Gasteiger partial charge in [-0.15, -0.1) is 0 Å². The fraction of sp³-hybridized carbons (Fsp3) is 0.400. The van der Waals surface area contributed by atoms with Crippen molar-refractivity contribution in [2.24, 2.45) is 0 Å². The third-order valence-corrected chi connectivity index (χ3v) is 3.81. The number of anilines is 1. The van der Waals surface area contributed by atoms with E-state index in [0.29, 0.717) is 5.88 Å². The standard InChI is InChI=1S/C15H18N2O/c16-15-10-14(17-18-15)13-8-6-12(7-9-13)11-4-2-1-3-5-11/h6-11H,1-5,16H2. The molecule has 1 aliphatic carbocycles. The summed E-state index contributed by atoms with van der Waals surface area (Å²) >= 11 is 0. The van der Waals surface area contributed by atoms with Crippen LogP contribution in [0, 0.1) is 0 Å². The molecule has 1 aromatic heterocycles. The average molecular weight is 242 g/mol. The van der Waals surface area contributed by atoms with Crippen molar-refractivity contribution < 1.29 is 4.52 Å². The van der Waals surface area contributed by atoms with E-state index >= 15 is 0 Å². The van der Waals surface area contributed by atoms with Crippen molar-refractivity contribution >= 4 is 5.88 Å². The molecule has 2 N–H and O–H groups in total. The van der Waals surface area contributed by atoms with Crippen molar-refractivity contribution in [2.45, 2.75) is 38.0 Å². The predicted octanol–water partition coefficient (Wildman–Crippen LogP) is 3.97. The molecule has 1 heterocycles. The minimum absolute atomic E-state index is 0.362. The van der Waals surface area contributed by atoms with Gasteiger partial charge in [-0.25, -0.2) is 0 Å². The van der Waals surface area contributed by atoms with Crippen molar-refractivity contribution in [3.63, 3.8) is 0 Å². The van der Waals surface area contributed by atoms with E-state index < -0.39 is 0 Å². The van der Waals surface area contributed by atoms with Crippen LogP contribution in [0.1, 0.15) is 43.6 Å². The summed E-state index contributed by atoms with van der Waals surface area (Å²) in [4.78, 5) is 0. The predicted molar refractivity (Wildman–Crippen MR) is 72.2 cm³/mol. The van der Waals surface area contributed by atoms with E-state index in [9.17, 15) is 0 Å². The number of hydrogen-bond donors (Lipinski definition) is 1. The van der Waals surface area contributed by atoms with Crippen molar-refractivity contribution in [2.75, 3.05) is 5.73 Å². The Morgan fingerprint density at radius 1 is 1.06 bits per heavy atom. The minimum atomic E-state index is 0.362. The molecule has 0 spiro atoms. The van der Waals surface area contributed by atoms with Crippen LogP contribution in [0.5, 0.6) is 0 Å². The highest BCUT2D eigenvalue weighted by Gasteiger charge is 2.15. The third kappa shape index (κ3) is 2.26. The highest BCUT2D eigenvalue weighted by atomic mass is 16.5. The van der Waals surface area contributed by atoms with Gasteiger partial charge in [0.2, 0.25) is 5.88 Å². The van der Waals surface area contributed by atoms with Gasteiger partial charge in [0.05, 0.1) is 0 Å². The highest BCUT2D eigenvalue weighted by Crippen LogP contribution is 2.33. The lowest BCUT2D eigenvalue weighted by Gasteiger charge is -2.21. The van der Waals surface area contributed by atoms with Gasteiger partial charge >= 0.3 is 0 Å². The second-order valence-corrected chi connectivity index (χ2v) is 5.07. The van der Waals surface area contributed by atoms with Crippen LogP contribution in [0.2, 0.25) is 0 Å². The van der Waals surface area contributed by atoms with E-state index in [1.54, 1.807) is 6.07 Å². The molecule has 3 nitrogen and oxygen atoms in total. The van der Waals surface area contributed by atoms with Gasteiger partial charge in [0.25, 0.3) is 0 Å². The molecular formula is C15H18N2O. The number of aromatic nitrogens is 1. The molecule has 0 aliphatic heterocycles. The van der Waals surface area contributed by atoms with E-state index in [1.807, 2.05) is 0 Å². The molecule has 1 aromatic carbocycles. The van der Waals surface area contributed by atoms with E-state index in [-0.39, 0.29) is 0 Å². The van der Waals surface area contributed by atoms with E-state index in [2.05, 4.69) is 29.4 Å². The Morgan fingerprint density at radius 2 is 1.78 bits per heavy atom. The number of nitrogens with zero attached hydrogens (tertiary/aromatic N) is 1. The number of hydrogen-bond acceptors (Lipinski definition) is 3. The van der Waals surface area contributed by atoms with Gasteiger partial charge in [-0.1, -0.05) is 48.7 Å². The molecule has 0 atom stereocenters. The van der Waals surface area contributed by atoms with Crippen LogP contribution in [-0.4, -0.2) is 5.16 Å². The summed E-state index contributed by atoms with van der Waals surface area (Å²) in [6, 6.07) is 10.4. The maximum atomic E-state index is 5.53. The molecule has 0 saturated heterocycles. The molecular weight excluding hydrogens is 224 g/mol. The molecule has 1 saturated carbocycles. The van der Waals surface area contributed by atoms with Crippen LogP contribution >= 0.6 is 0 Å². The first-order valence-corrected chi connectivity index (χ1v) is 6.65. The first kappa shape index (κ1) is 11.3. The van der Waals surface area contributed by atoms with Gasteiger partial charge in [-0.2, -0.15) is 0 Å². The van der Waals surface area contributed by atoms with E-state index in [4.69, 9.17) is 10.3 Å². The van der Waals surface area contributed by atoms with Crippen molar-refractivity contribution in [1.29, 1.82) is 0 Å². The van der Waals surface area contributed by atoms with Crippen LogP contribution in [-0.2, 0) is 0 Å². The summed E-state index contributed by atoms with van der Waals surface area (Å²) in [7, 11) is 0. The lowest BCUT2D eigenvalue weighted by molar-refractivity contribution is 0.439. The summed E-state index contributed by atoms with van der Waals surface area (Å²) in [6.07, 6.45) is 6.79. The third-order valence-electron chi connectivity index (χ3n) is 3.81. The zero-order valence-electron chi connectivity index (χ0n) is 10.4. The lowest BCUT2D eigenvalue weighted by Crippen LogP contribution is -2.04. The maximum absolute atomic E-state index is 5.53. The Kier molecular flexibility index (Phi) is 3.05. The first-order valence-electron chi connectivity index (χ1n) is 6.65. The highest BCUT2D eigenvalue weighted by molar-refractivity contribution is 5.61. The Hall–Kier alpha value is -1.77. The van der Waals surface area contributed by atoms with Gasteiger partial charge in [0, 0.05) is 11.6 Å². The van der Waals surface area contributed by atoms with Crippen molar-refractivity contribution in [1.82, 2.24) is 5.16 Å². The summed E-state index contributed by atoms with van der Waals surface area (Å²) in [5.74, 6) is 1.11. The van der Waals surface area contributed by atoms with Crippen LogP contribution in [0.25, 0.3) is 11.3 Å². The maximum Gasteiger partial charge on any atom is 0.222 e. The molecule has 3 rings (SSSR count). The zero-order chi connectivity index (χ0) is 12.4. The Bertz CT molecular complexity index is 510. The molecule has 0 unspecified atom stereocenters. The number of nitrogens with two attached hydrogens (primary N) is 1. The number of nitrogen functional groups attached to an aromatic ring is 1. The molecule has 3 heteroatoms. The van der Waals surface area contributed by atoms with E-state index in [1.165, 1.54) is 37.7 Å². The first-order chi connectivity index (χ1) is 8.83. The summed E-state index contributed by atoms with van der Waals surface area (Å²) in [5.41, 5.74) is 8.86. The number of rotatable bonds is 2. The minimum Gasteiger partial charge on any atom is -0.368 e. The molecule has 18 heavy (non-hydrogen) atoms. The lowest BCUT2D eigenvalue weighted by atomic mass is 9.84. The van der Waals surface area contributed by atoms with Gasteiger partial charge < -0.3 is 10.3 Å². The fourth-order valence-corrected chi connectivity index (χ4v) is 2.79. The van der Waals surface area contributed by atoms with Crippen molar-refractivity contribution in [3.8, 4) is 11.3 Å². The zero-order valence-corrected chi connectivity index (χ0v) is 10.4. The van der Waals surface area contributed by atoms with Gasteiger partial charge in [0.1, 0.15) is 5.69 Å². The molecule has 1 aliphatic rings. The monoisotopic (exact) mass is 242 g/mol. The molecule has 1 fully saturated rings. The molecule has 0 amide bonds. The average Bonchev–Trinajstić information content (AvgIpc) is 2.87. The van der Waals surface area contributed by atoms with Crippen LogP contribution in [0.4, 0.5) is 5.88 Å². The molecule has 94 valence electrons. The van der Waals surface area contributed by atoms with Gasteiger partial charge in [-0.3, -0.25) is 0 Å². The SMILES string of the molecule is Nc1cc(-c2ccc(C3CCCCC3)cc2)no1. The second kappa shape index (κ2) is 4.84. The van der Waals surface area contributed by atoms with Gasteiger partial charge in [0.15, 0.2) is 0 Å². The summed E-state index contributed by atoms with van der Waals surface area (Å²) < 4.78 is 4.89. The quantitative estimate of drug-likeness (QED) is 0.866. The van der Waals surface area contributed by atoms with Gasteiger partial charge in [-0.05, 0) is 24.3 Å². The second-order valence-electron chi connectivity index (χ2n) is 5.07. The number of benzene rings is 1. The molecule has 0 radical (unpaired) electrons. The van der Waals surface area contributed by atoms with Crippen LogP contribution < -0.4 is 5.73 Å². The fourth-order valence-electron chi connectivity index (χ4n) is 2.79. The Morgan fingerprint density at radius 3 is 2.39 bits per heavy atom. The topological polar surface area (TPSA) is 52.0 Å². The van der Waals surface area contributed by atoms with E-state index in [0.717, 1.165) is 17.2 Å². The normalized spacial score (nSPS) is 16.9. The summed E-state index contributed by atoms with van der Waals surface area (Å²) in [5, 5.41) is 3.93. The largest absolute Gasteiger partial charge is 0.368 e. The smallest absolute Gasteiger partial charge is 0.222 e. The van der Waals surface area contributed by atoms with Crippen molar-refractivity contribution in [3.05, 3.63) is 35.9 Å². The summed E-state index contributed by atoms with van der Waals surface area (Å²) in [6.45, 7) is 0. The molecule has 2 aromatic rings.